The molecule has 0 spiro atoms. The second kappa shape index (κ2) is 6.12. The summed E-state index contributed by atoms with van der Waals surface area (Å²) in [6, 6.07) is 4.83. The van der Waals surface area contributed by atoms with Crippen LogP contribution in [0.2, 0.25) is 0 Å². The van der Waals surface area contributed by atoms with E-state index in [4.69, 9.17) is 0 Å². The van der Waals surface area contributed by atoms with Crippen molar-refractivity contribution in [2.45, 2.75) is 20.8 Å². The minimum atomic E-state index is -0.442. The Morgan fingerprint density at radius 1 is 1.36 bits per heavy atom. The number of H-pyrrole nitrogens is 1. The molecule has 1 heterocycles. The monoisotopic (exact) mass is 302 g/mol. The van der Waals surface area contributed by atoms with Gasteiger partial charge in [-0.25, -0.2) is 5.43 Å². The summed E-state index contributed by atoms with van der Waals surface area (Å²) in [4.78, 5) is 24.4. The zero-order valence-corrected chi connectivity index (χ0v) is 12.2. The molecule has 1 aromatic carbocycles. The number of aromatic nitrogens is 3. The highest BCUT2D eigenvalue weighted by atomic mass is 16.6. The molecule has 0 saturated carbocycles. The van der Waals surface area contributed by atoms with Gasteiger partial charge in [0.1, 0.15) is 5.69 Å². The van der Waals surface area contributed by atoms with Crippen molar-refractivity contribution in [1.82, 2.24) is 15.2 Å². The third-order valence-corrected chi connectivity index (χ3v) is 3.01. The van der Waals surface area contributed by atoms with Gasteiger partial charge in [-0.15, -0.1) is 10.2 Å². The van der Waals surface area contributed by atoms with Crippen molar-refractivity contribution in [2.75, 3.05) is 5.43 Å². The lowest BCUT2D eigenvalue weighted by atomic mass is 10.1. The minimum Gasteiger partial charge on any atom is -0.288 e. The van der Waals surface area contributed by atoms with Crippen LogP contribution >= 0.6 is 0 Å². The summed E-state index contributed by atoms with van der Waals surface area (Å²) in [5, 5.41) is 22.4. The maximum atomic E-state index is 11.4. The Morgan fingerprint density at radius 2 is 2.09 bits per heavy atom. The van der Waals surface area contributed by atoms with Crippen LogP contribution in [-0.2, 0) is 0 Å². The zero-order chi connectivity index (χ0) is 16.3. The van der Waals surface area contributed by atoms with E-state index in [2.05, 4.69) is 25.7 Å². The van der Waals surface area contributed by atoms with E-state index in [9.17, 15) is 14.9 Å². The SMILES string of the molecule is C/C(=N\Nc1nnc(C)c(=O)[nH]1)c1ccc(C)c([N+](=O)[O-])c1. The molecule has 0 atom stereocenters. The molecule has 0 fully saturated rings. The maximum absolute atomic E-state index is 11.4. The van der Waals surface area contributed by atoms with Crippen molar-refractivity contribution >= 4 is 17.3 Å². The highest BCUT2D eigenvalue weighted by Crippen LogP contribution is 2.19. The Hall–Kier alpha value is -3.10. The number of nitro benzene ring substituents is 1. The van der Waals surface area contributed by atoms with Crippen molar-refractivity contribution in [3.63, 3.8) is 0 Å². The number of anilines is 1. The molecule has 0 saturated heterocycles. The number of nitrogens with one attached hydrogen (secondary N) is 2. The van der Waals surface area contributed by atoms with Crippen LogP contribution in [0.3, 0.4) is 0 Å². The second-order valence-electron chi connectivity index (χ2n) is 4.66. The fourth-order valence-electron chi connectivity index (χ4n) is 1.68. The molecular weight excluding hydrogens is 288 g/mol. The van der Waals surface area contributed by atoms with Crippen LogP contribution in [0.1, 0.15) is 23.7 Å². The third-order valence-electron chi connectivity index (χ3n) is 3.01. The quantitative estimate of drug-likeness (QED) is 0.501. The molecule has 0 amide bonds. The topological polar surface area (TPSA) is 126 Å². The number of aryl methyl sites for hydroxylation is 2. The Labute approximate surface area is 125 Å². The number of hydrogen-bond acceptors (Lipinski definition) is 7. The van der Waals surface area contributed by atoms with E-state index in [1.807, 2.05) is 0 Å². The first-order chi connectivity index (χ1) is 10.4. The summed E-state index contributed by atoms with van der Waals surface area (Å²) in [6.45, 7) is 4.88. The highest BCUT2D eigenvalue weighted by Gasteiger charge is 2.12. The van der Waals surface area contributed by atoms with Gasteiger partial charge in [0.05, 0.1) is 10.6 Å². The van der Waals surface area contributed by atoms with Gasteiger partial charge in [-0.05, 0) is 20.8 Å². The van der Waals surface area contributed by atoms with Crippen LogP contribution in [-0.4, -0.2) is 25.8 Å². The van der Waals surface area contributed by atoms with E-state index in [1.54, 1.807) is 26.0 Å². The van der Waals surface area contributed by atoms with E-state index >= 15 is 0 Å². The average molecular weight is 302 g/mol. The molecule has 0 unspecified atom stereocenters. The zero-order valence-electron chi connectivity index (χ0n) is 12.2. The van der Waals surface area contributed by atoms with Gasteiger partial charge in [0, 0.05) is 17.2 Å². The van der Waals surface area contributed by atoms with E-state index in [1.165, 1.54) is 13.0 Å². The van der Waals surface area contributed by atoms with Crippen LogP contribution in [0.15, 0.2) is 28.1 Å². The molecule has 114 valence electrons. The van der Waals surface area contributed by atoms with Gasteiger partial charge in [0.15, 0.2) is 0 Å². The van der Waals surface area contributed by atoms with Gasteiger partial charge in [-0.3, -0.25) is 19.9 Å². The number of hydrogen-bond donors (Lipinski definition) is 2. The minimum absolute atomic E-state index is 0.0237. The van der Waals surface area contributed by atoms with Crippen molar-refractivity contribution < 1.29 is 4.92 Å². The Kier molecular flexibility index (Phi) is 4.25. The van der Waals surface area contributed by atoms with Crippen molar-refractivity contribution in [3.8, 4) is 0 Å². The first-order valence-electron chi connectivity index (χ1n) is 6.38. The predicted molar refractivity (Wildman–Crippen MR) is 81.1 cm³/mol. The normalized spacial score (nSPS) is 11.3. The highest BCUT2D eigenvalue weighted by molar-refractivity contribution is 5.99. The number of nitro groups is 1. The number of rotatable bonds is 4. The summed E-state index contributed by atoms with van der Waals surface area (Å²) in [6.07, 6.45) is 0. The van der Waals surface area contributed by atoms with Crippen LogP contribution in [0, 0.1) is 24.0 Å². The summed E-state index contributed by atoms with van der Waals surface area (Å²) >= 11 is 0. The Balaban J connectivity index is 2.25. The molecule has 2 N–H and O–H groups in total. The Bertz CT molecular complexity index is 812. The lowest BCUT2D eigenvalue weighted by molar-refractivity contribution is -0.385. The lowest BCUT2D eigenvalue weighted by Crippen LogP contribution is -2.16. The number of nitrogens with zero attached hydrogens (tertiary/aromatic N) is 4. The standard InChI is InChI=1S/C13H14N6O3/c1-7-4-5-10(6-11(7)19(21)22)8(2)15-17-13-14-12(20)9(3)16-18-13/h4-6H,1-3H3,(H2,14,17,18,20)/b15-8+. The third kappa shape index (κ3) is 3.32. The molecule has 0 aliphatic rings. The van der Waals surface area contributed by atoms with Gasteiger partial charge in [0.25, 0.3) is 11.2 Å². The number of aromatic amines is 1. The van der Waals surface area contributed by atoms with Gasteiger partial charge < -0.3 is 0 Å². The van der Waals surface area contributed by atoms with Gasteiger partial charge in [0.2, 0.25) is 5.95 Å². The first-order valence-corrected chi connectivity index (χ1v) is 6.38. The molecule has 0 bridgehead atoms. The molecule has 2 aromatic rings. The summed E-state index contributed by atoms with van der Waals surface area (Å²) in [5.74, 6) is 0.0940. The van der Waals surface area contributed by atoms with Gasteiger partial charge in [-0.1, -0.05) is 12.1 Å². The van der Waals surface area contributed by atoms with E-state index in [0.717, 1.165) is 0 Å². The summed E-state index contributed by atoms with van der Waals surface area (Å²) in [7, 11) is 0. The summed E-state index contributed by atoms with van der Waals surface area (Å²) < 4.78 is 0. The molecular formula is C13H14N6O3. The van der Waals surface area contributed by atoms with Crippen molar-refractivity contribution in [1.29, 1.82) is 0 Å². The summed E-state index contributed by atoms with van der Waals surface area (Å²) in [5.41, 5.74) is 4.14. The molecule has 0 radical (unpaired) electrons. The Morgan fingerprint density at radius 3 is 2.73 bits per heavy atom. The van der Waals surface area contributed by atoms with E-state index < -0.39 is 4.92 Å². The van der Waals surface area contributed by atoms with Crippen molar-refractivity contribution in [2.24, 2.45) is 5.10 Å². The van der Waals surface area contributed by atoms with E-state index in [0.29, 0.717) is 16.8 Å². The largest absolute Gasteiger partial charge is 0.288 e. The molecule has 9 heteroatoms. The van der Waals surface area contributed by atoms with Crippen LogP contribution in [0.25, 0.3) is 0 Å². The molecule has 9 nitrogen and oxygen atoms in total. The van der Waals surface area contributed by atoms with E-state index in [-0.39, 0.29) is 22.9 Å². The van der Waals surface area contributed by atoms with Crippen LogP contribution in [0.5, 0.6) is 0 Å². The fourth-order valence-corrected chi connectivity index (χ4v) is 1.68. The van der Waals surface area contributed by atoms with Crippen LogP contribution < -0.4 is 11.0 Å². The second-order valence-corrected chi connectivity index (χ2v) is 4.66. The van der Waals surface area contributed by atoms with Crippen LogP contribution in [0.4, 0.5) is 11.6 Å². The average Bonchev–Trinajstić information content (AvgIpc) is 2.48. The molecule has 0 aliphatic carbocycles. The first kappa shape index (κ1) is 15.3. The van der Waals surface area contributed by atoms with Crippen molar-refractivity contribution in [3.05, 3.63) is 55.5 Å². The lowest BCUT2D eigenvalue weighted by Gasteiger charge is -2.04. The molecule has 2 rings (SSSR count). The van der Waals surface area contributed by atoms with Gasteiger partial charge in [-0.2, -0.15) is 5.10 Å². The number of benzene rings is 1. The maximum Gasteiger partial charge on any atom is 0.274 e. The molecule has 1 aromatic heterocycles. The number of hydrazone groups is 1. The van der Waals surface area contributed by atoms with Gasteiger partial charge >= 0.3 is 0 Å². The fraction of sp³-hybridized carbons (Fsp3) is 0.231. The molecule has 22 heavy (non-hydrogen) atoms. The smallest absolute Gasteiger partial charge is 0.274 e. The predicted octanol–water partition coefficient (Wildman–Crippen LogP) is 1.53. The molecule has 0 aliphatic heterocycles.